The summed E-state index contributed by atoms with van der Waals surface area (Å²) in [5, 5.41) is 3.24. The van der Waals surface area contributed by atoms with E-state index in [1.54, 1.807) is 23.5 Å². The summed E-state index contributed by atoms with van der Waals surface area (Å²) in [5.74, 6) is 0.184. The van der Waals surface area contributed by atoms with Crippen molar-refractivity contribution in [3.8, 4) is 0 Å². The van der Waals surface area contributed by atoms with Gasteiger partial charge in [0.05, 0.1) is 16.3 Å². The Morgan fingerprint density at radius 1 is 1.15 bits per heavy atom. The number of nitrogens with one attached hydrogen (secondary N) is 1. The molecule has 108 valence electrons. The molecule has 5 heteroatoms. The van der Waals surface area contributed by atoms with Crippen LogP contribution in [0.3, 0.4) is 0 Å². The highest BCUT2D eigenvalue weighted by atomic mass is 32.2. The fourth-order valence-electron chi connectivity index (χ4n) is 2.03. The molecule has 0 fully saturated rings. The highest BCUT2D eigenvalue weighted by molar-refractivity contribution is 7.91. The summed E-state index contributed by atoms with van der Waals surface area (Å²) in [6, 6.07) is 11.3. The predicted molar refractivity (Wildman–Crippen MR) is 85.2 cm³/mol. The van der Waals surface area contributed by atoms with Crippen molar-refractivity contribution in [3.05, 3.63) is 46.2 Å². The topological polar surface area (TPSA) is 46.2 Å². The lowest BCUT2D eigenvalue weighted by Crippen LogP contribution is -2.10. The van der Waals surface area contributed by atoms with Gasteiger partial charge in [-0.05, 0) is 37.6 Å². The standard InChI is InChI=1S/C15H19NO2S2/c1-3-10-20(17,18)15-7-5-4-6-14(15)16-11-13-9-8-12(2)19-13/h4-9,16H,3,10-11H2,1-2H3. The van der Waals surface area contributed by atoms with Crippen molar-refractivity contribution in [1.82, 2.24) is 0 Å². The molecule has 1 N–H and O–H groups in total. The van der Waals surface area contributed by atoms with Crippen LogP contribution in [-0.2, 0) is 16.4 Å². The summed E-state index contributed by atoms with van der Waals surface area (Å²) in [6.45, 7) is 4.59. The molecule has 3 nitrogen and oxygen atoms in total. The van der Waals surface area contributed by atoms with E-state index in [4.69, 9.17) is 0 Å². The second kappa shape index (κ2) is 6.41. The molecule has 2 aromatic rings. The molecular formula is C15H19NO2S2. The van der Waals surface area contributed by atoms with Crippen LogP contribution in [0.4, 0.5) is 5.69 Å². The van der Waals surface area contributed by atoms with Crippen molar-refractivity contribution < 1.29 is 8.42 Å². The van der Waals surface area contributed by atoms with Gasteiger partial charge in [0.1, 0.15) is 0 Å². The number of para-hydroxylation sites is 1. The van der Waals surface area contributed by atoms with Crippen LogP contribution in [0.1, 0.15) is 23.1 Å². The Kier molecular flexibility index (Phi) is 4.83. The minimum atomic E-state index is -3.20. The molecule has 0 radical (unpaired) electrons. The first-order chi connectivity index (χ1) is 9.53. The largest absolute Gasteiger partial charge is 0.379 e. The Hall–Kier alpha value is -1.33. The first kappa shape index (κ1) is 15.1. The molecule has 0 amide bonds. The van der Waals surface area contributed by atoms with E-state index in [2.05, 4.69) is 24.4 Å². The van der Waals surface area contributed by atoms with Crippen molar-refractivity contribution in [3.63, 3.8) is 0 Å². The number of benzene rings is 1. The normalized spacial score (nSPS) is 11.5. The third-order valence-electron chi connectivity index (χ3n) is 2.94. The molecule has 1 aromatic carbocycles. The Bertz CT molecular complexity index is 675. The fourth-order valence-corrected chi connectivity index (χ4v) is 4.37. The van der Waals surface area contributed by atoms with E-state index < -0.39 is 9.84 Å². The first-order valence-corrected chi connectivity index (χ1v) is 9.11. The Balaban J connectivity index is 2.20. The highest BCUT2D eigenvalue weighted by Gasteiger charge is 2.17. The average molecular weight is 309 g/mol. The van der Waals surface area contributed by atoms with Crippen molar-refractivity contribution in [2.45, 2.75) is 31.7 Å². The van der Waals surface area contributed by atoms with Gasteiger partial charge in [-0.3, -0.25) is 0 Å². The molecule has 1 aromatic heterocycles. The average Bonchev–Trinajstić information content (AvgIpc) is 2.82. The number of anilines is 1. The molecule has 0 aliphatic heterocycles. The monoisotopic (exact) mass is 309 g/mol. The molecule has 0 atom stereocenters. The third kappa shape index (κ3) is 3.61. The van der Waals surface area contributed by atoms with Gasteiger partial charge in [-0.1, -0.05) is 19.1 Å². The van der Waals surface area contributed by atoms with Crippen molar-refractivity contribution in [1.29, 1.82) is 0 Å². The quantitative estimate of drug-likeness (QED) is 0.881. The van der Waals surface area contributed by atoms with Gasteiger partial charge in [0.2, 0.25) is 0 Å². The lowest BCUT2D eigenvalue weighted by atomic mass is 10.3. The summed E-state index contributed by atoms with van der Waals surface area (Å²) in [7, 11) is -3.20. The predicted octanol–water partition coefficient (Wildman–Crippen LogP) is 3.85. The van der Waals surface area contributed by atoms with E-state index in [1.165, 1.54) is 9.75 Å². The lowest BCUT2D eigenvalue weighted by molar-refractivity contribution is 0.595. The van der Waals surface area contributed by atoms with E-state index in [0.29, 0.717) is 23.5 Å². The third-order valence-corrected chi connectivity index (χ3v) is 5.92. The van der Waals surface area contributed by atoms with Crippen LogP contribution >= 0.6 is 11.3 Å². The molecule has 0 saturated heterocycles. The second-order valence-electron chi connectivity index (χ2n) is 4.68. The zero-order chi connectivity index (χ0) is 14.6. The SMILES string of the molecule is CCCS(=O)(=O)c1ccccc1NCc1ccc(C)s1. The van der Waals surface area contributed by atoms with E-state index in [-0.39, 0.29) is 5.75 Å². The van der Waals surface area contributed by atoms with Crippen LogP contribution in [0, 0.1) is 6.92 Å². The molecule has 1 heterocycles. The number of thiophene rings is 1. The number of rotatable bonds is 6. The van der Waals surface area contributed by atoms with Gasteiger partial charge in [0.25, 0.3) is 0 Å². The summed E-state index contributed by atoms with van der Waals surface area (Å²) in [4.78, 5) is 2.86. The van der Waals surface area contributed by atoms with Gasteiger partial charge < -0.3 is 5.32 Å². The molecule has 0 unspecified atom stereocenters. The summed E-state index contributed by atoms with van der Waals surface area (Å²) in [5.41, 5.74) is 0.687. The maximum absolute atomic E-state index is 12.2. The van der Waals surface area contributed by atoms with Gasteiger partial charge in [0, 0.05) is 16.3 Å². The number of sulfone groups is 1. The van der Waals surface area contributed by atoms with Crippen LogP contribution < -0.4 is 5.32 Å². The van der Waals surface area contributed by atoms with Crippen molar-refractivity contribution >= 4 is 26.9 Å². The van der Waals surface area contributed by atoms with Crippen LogP contribution in [0.5, 0.6) is 0 Å². The van der Waals surface area contributed by atoms with E-state index >= 15 is 0 Å². The molecule has 0 bridgehead atoms. The maximum Gasteiger partial charge on any atom is 0.180 e. The smallest absolute Gasteiger partial charge is 0.180 e. The van der Waals surface area contributed by atoms with Crippen LogP contribution in [0.25, 0.3) is 0 Å². The Morgan fingerprint density at radius 2 is 1.90 bits per heavy atom. The summed E-state index contributed by atoms with van der Waals surface area (Å²) >= 11 is 1.72. The lowest BCUT2D eigenvalue weighted by Gasteiger charge is -2.11. The van der Waals surface area contributed by atoms with E-state index in [0.717, 1.165) is 0 Å². The Labute approximate surface area is 124 Å². The van der Waals surface area contributed by atoms with Crippen LogP contribution in [0.15, 0.2) is 41.3 Å². The summed E-state index contributed by atoms with van der Waals surface area (Å²) < 4.78 is 24.5. The highest BCUT2D eigenvalue weighted by Crippen LogP contribution is 2.24. The van der Waals surface area contributed by atoms with Gasteiger partial charge in [-0.25, -0.2) is 8.42 Å². The minimum Gasteiger partial charge on any atom is -0.379 e. The van der Waals surface area contributed by atoms with E-state index in [1.807, 2.05) is 19.1 Å². The minimum absolute atomic E-state index is 0.184. The zero-order valence-corrected chi connectivity index (χ0v) is 13.4. The molecule has 0 saturated carbocycles. The van der Waals surface area contributed by atoms with Gasteiger partial charge in [0.15, 0.2) is 9.84 Å². The summed E-state index contributed by atoms with van der Waals surface area (Å²) in [6.07, 6.45) is 0.626. The van der Waals surface area contributed by atoms with Crippen molar-refractivity contribution in [2.75, 3.05) is 11.1 Å². The van der Waals surface area contributed by atoms with Crippen LogP contribution in [0.2, 0.25) is 0 Å². The molecule has 20 heavy (non-hydrogen) atoms. The number of aryl methyl sites for hydroxylation is 1. The molecule has 0 spiro atoms. The molecule has 0 aliphatic rings. The maximum atomic E-state index is 12.2. The van der Waals surface area contributed by atoms with Gasteiger partial charge in [-0.15, -0.1) is 11.3 Å². The van der Waals surface area contributed by atoms with Crippen molar-refractivity contribution in [2.24, 2.45) is 0 Å². The second-order valence-corrected chi connectivity index (χ2v) is 8.13. The fraction of sp³-hybridized carbons (Fsp3) is 0.333. The number of hydrogen-bond acceptors (Lipinski definition) is 4. The van der Waals surface area contributed by atoms with E-state index in [9.17, 15) is 8.42 Å². The molecule has 2 rings (SSSR count). The Morgan fingerprint density at radius 3 is 2.55 bits per heavy atom. The van der Waals surface area contributed by atoms with Gasteiger partial charge in [-0.2, -0.15) is 0 Å². The number of hydrogen-bond donors (Lipinski definition) is 1. The molecule has 0 aliphatic carbocycles. The van der Waals surface area contributed by atoms with Gasteiger partial charge >= 0.3 is 0 Å². The zero-order valence-electron chi connectivity index (χ0n) is 11.7. The van der Waals surface area contributed by atoms with Crippen LogP contribution in [-0.4, -0.2) is 14.2 Å². The first-order valence-electron chi connectivity index (χ1n) is 6.64. The molecular weight excluding hydrogens is 290 g/mol.